The summed E-state index contributed by atoms with van der Waals surface area (Å²) in [5, 5.41) is 21.6. The molecule has 2 rings (SSSR count). The van der Waals surface area contributed by atoms with Crippen LogP contribution < -0.4 is 0 Å². The molecule has 1 atom stereocenters. The lowest BCUT2D eigenvalue weighted by Gasteiger charge is -2.30. The standard InChI is InChI=1S/C11H13NO2/c1-11(2)7-12(14)9-6-4-3-5-8(9)10(11)13/h3-7,10,13H,1-2H3. The van der Waals surface area contributed by atoms with Gasteiger partial charge >= 0.3 is 0 Å². The third-order valence-electron chi connectivity index (χ3n) is 2.62. The third kappa shape index (κ3) is 1.21. The molecule has 1 aliphatic heterocycles. The van der Waals surface area contributed by atoms with Crippen molar-refractivity contribution in [1.82, 2.24) is 0 Å². The Hall–Kier alpha value is -1.35. The Morgan fingerprint density at radius 1 is 1.36 bits per heavy atom. The zero-order valence-electron chi connectivity index (χ0n) is 8.27. The number of rotatable bonds is 0. The minimum Gasteiger partial charge on any atom is -0.618 e. The predicted octanol–water partition coefficient (Wildman–Crippen LogP) is 1.97. The van der Waals surface area contributed by atoms with Gasteiger partial charge < -0.3 is 10.3 Å². The highest BCUT2D eigenvalue weighted by atomic mass is 16.5. The molecule has 1 heterocycles. The molecule has 1 N–H and O–H groups in total. The minimum atomic E-state index is -0.608. The molecule has 3 nitrogen and oxygen atoms in total. The van der Waals surface area contributed by atoms with Gasteiger partial charge in [-0.1, -0.05) is 12.1 Å². The number of hydrogen-bond donors (Lipinski definition) is 1. The highest BCUT2D eigenvalue weighted by molar-refractivity contribution is 5.67. The van der Waals surface area contributed by atoms with Crippen molar-refractivity contribution < 1.29 is 9.85 Å². The zero-order chi connectivity index (χ0) is 10.3. The van der Waals surface area contributed by atoms with Gasteiger partial charge in [0.25, 0.3) is 0 Å². The van der Waals surface area contributed by atoms with E-state index in [-0.39, 0.29) is 0 Å². The van der Waals surface area contributed by atoms with Crippen LogP contribution in [0, 0.1) is 10.6 Å². The zero-order valence-corrected chi connectivity index (χ0v) is 8.27. The van der Waals surface area contributed by atoms with E-state index in [0.717, 1.165) is 4.74 Å². The number of nitrogens with zero attached hydrogens (tertiary/aromatic N) is 1. The first-order valence-electron chi connectivity index (χ1n) is 4.62. The molecule has 1 aromatic carbocycles. The van der Waals surface area contributed by atoms with Gasteiger partial charge in [-0.15, -0.1) is 0 Å². The lowest BCUT2D eigenvalue weighted by Crippen LogP contribution is -2.31. The molecule has 0 fully saturated rings. The van der Waals surface area contributed by atoms with Crippen LogP contribution in [-0.4, -0.2) is 16.1 Å². The average molecular weight is 191 g/mol. The quantitative estimate of drug-likeness (QED) is 0.503. The van der Waals surface area contributed by atoms with E-state index in [1.165, 1.54) is 6.21 Å². The first kappa shape index (κ1) is 9.21. The number of benzene rings is 1. The van der Waals surface area contributed by atoms with Crippen LogP contribution in [0.4, 0.5) is 5.69 Å². The van der Waals surface area contributed by atoms with E-state index >= 15 is 0 Å². The second-order valence-corrected chi connectivity index (χ2v) is 4.24. The van der Waals surface area contributed by atoms with Crippen molar-refractivity contribution in [2.24, 2.45) is 5.41 Å². The normalized spacial score (nSPS) is 23.9. The topological polar surface area (TPSA) is 46.3 Å². The summed E-state index contributed by atoms with van der Waals surface area (Å²) in [6.45, 7) is 3.69. The molecule has 0 aromatic heterocycles. The summed E-state index contributed by atoms with van der Waals surface area (Å²) in [4.78, 5) is 0. The Morgan fingerprint density at radius 2 is 2.00 bits per heavy atom. The molecule has 1 aromatic rings. The Labute approximate surface area is 82.9 Å². The number of hydrogen-bond acceptors (Lipinski definition) is 2. The first-order valence-corrected chi connectivity index (χ1v) is 4.62. The van der Waals surface area contributed by atoms with Crippen molar-refractivity contribution in [3.63, 3.8) is 0 Å². The van der Waals surface area contributed by atoms with Crippen molar-refractivity contribution in [2.45, 2.75) is 20.0 Å². The van der Waals surface area contributed by atoms with Gasteiger partial charge in [-0.25, -0.2) is 0 Å². The van der Waals surface area contributed by atoms with Gasteiger partial charge in [-0.3, -0.25) is 0 Å². The van der Waals surface area contributed by atoms with Gasteiger partial charge in [0.05, 0.1) is 17.1 Å². The molecule has 3 heteroatoms. The second-order valence-electron chi connectivity index (χ2n) is 4.24. The van der Waals surface area contributed by atoms with E-state index in [1.54, 1.807) is 18.2 Å². The summed E-state index contributed by atoms with van der Waals surface area (Å²) >= 11 is 0. The lowest BCUT2D eigenvalue weighted by molar-refractivity contribution is -0.367. The number of aliphatic hydroxyl groups excluding tert-OH is 1. The molecule has 0 bridgehead atoms. The molecule has 0 spiro atoms. The lowest BCUT2D eigenvalue weighted by atomic mass is 9.81. The van der Waals surface area contributed by atoms with Crippen molar-refractivity contribution >= 4 is 11.9 Å². The van der Waals surface area contributed by atoms with Crippen molar-refractivity contribution in [3.8, 4) is 0 Å². The van der Waals surface area contributed by atoms with Gasteiger partial charge in [-0.2, -0.15) is 4.74 Å². The summed E-state index contributed by atoms with van der Waals surface area (Å²) in [6, 6.07) is 7.14. The fraction of sp³-hybridized carbons (Fsp3) is 0.364. The van der Waals surface area contributed by atoms with Gasteiger partial charge in [-0.05, 0) is 19.9 Å². The van der Waals surface area contributed by atoms with Crippen LogP contribution >= 0.6 is 0 Å². The van der Waals surface area contributed by atoms with Gasteiger partial charge in [0.2, 0.25) is 5.69 Å². The summed E-state index contributed by atoms with van der Waals surface area (Å²) in [7, 11) is 0. The van der Waals surface area contributed by atoms with Crippen molar-refractivity contribution in [1.29, 1.82) is 0 Å². The number of para-hydroxylation sites is 1. The van der Waals surface area contributed by atoms with E-state index in [4.69, 9.17) is 0 Å². The van der Waals surface area contributed by atoms with Crippen LogP contribution in [0.25, 0.3) is 0 Å². The monoisotopic (exact) mass is 191 g/mol. The molecule has 0 amide bonds. The van der Waals surface area contributed by atoms with Gasteiger partial charge in [0, 0.05) is 6.07 Å². The van der Waals surface area contributed by atoms with Crippen LogP contribution in [0.15, 0.2) is 24.3 Å². The van der Waals surface area contributed by atoms with E-state index in [2.05, 4.69) is 0 Å². The van der Waals surface area contributed by atoms with Crippen LogP contribution in [0.1, 0.15) is 25.5 Å². The van der Waals surface area contributed by atoms with E-state index < -0.39 is 11.5 Å². The fourth-order valence-corrected chi connectivity index (χ4v) is 1.76. The molecule has 0 saturated carbocycles. The molecule has 0 radical (unpaired) electrons. The predicted molar refractivity (Wildman–Crippen MR) is 54.5 cm³/mol. The molecule has 1 unspecified atom stereocenters. The molecule has 0 saturated heterocycles. The number of aliphatic hydroxyl groups is 1. The SMILES string of the molecule is CC1(C)C=[N+]([O-])c2ccccc2C1O. The highest BCUT2D eigenvalue weighted by Gasteiger charge is 2.38. The summed E-state index contributed by atoms with van der Waals surface area (Å²) in [5.41, 5.74) is 0.741. The number of fused-ring (bicyclic) bond motifs is 1. The average Bonchev–Trinajstić information content (AvgIpc) is 2.14. The molecule has 14 heavy (non-hydrogen) atoms. The smallest absolute Gasteiger partial charge is 0.222 e. The van der Waals surface area contributed by atoms with Crippen LogP contribution in [-0.2, 0) is 0 Å². The maximum Gasteiger partial charge on any atom is 0.222 e. The minimum absolute atomic E-state index is 0.504. The largest absolute Gasteiger partial charge is 0.618 e. The summed E-state index contributed by atoms with van der Waals surface area (Å²) in [5.74, 6) is 0. The molecule has 1 aliphatic rings. The van der Waals surface area contributed by atoms with Crippen LogP contribution in [0.2, 0.25) is 0 Å². The molecular weight excluding hydrogens is 178 g/mol. The molecule has 74 valence electrons. The van der Waals surface area contributed by atoms with Gasteiger partial charge in [0.15, 0.2) is 6.21 Å². The van der Waals surface area contributed by atoms with Crippen LogP contribution in [0.5, 0.6) is 0 Å². The second kappa shape index (κ2) is 2.82. The fourth-order valence-electron chi connectivity index (χ4n) is 1.76. The van der Waals surface area contributed by atoms with E-state index in [9.17, 15) is 10.3 Å². The Kier molecular flexibility index (Phi) is 1.86. The van der Waals surface area contributed by atoms with Crippen LogP contribution in [0.3, 0.4) is 0 Å². The summed E-state index contributed by atoms with van der Waals surface area (Å²) < 4.78 is 0.835. The van der Waals surface area contributed by atoms with E-state index in [1.807, 2.05) is 19.9 Å². The molecule has 0 aliphatic carbocycles. The maximum absolute atomic E-state index is 11.6. The maximum atomic E-state index is 11.6. The van der Waals surface area contributed by atoms with Crippen molar-refractivity contribution in [3.05, 3.63) is 35.0 Å². The summed E-state index contributed by atoms with van der Waals surface area (Å²) in [6.07, 6.45) is 0.906. The first-order chi connectivity index (χ1) is 6.52. The Bertz CT molecular complexity index is 396. The van der Waals surface area contributed by atoms with E-state index in [0.29, 0.717) is 11.3 Å². The molecular formula is C11H13NO2. The third-order valence-corrected chi connectivity index (χ3v) is 2.62. The Balaban J connectivity index is 2.63. The Morgan fingerprint density at radius 3 is 2.71 bits per heavy atom. The van der Waals surface area contributed by atoms with Crippen molar-refractivity contribution in [2.75, 3.05) is 0 Å². The highest BCUT2D eigenvalue weighted by Crippen LogP contribution is 2.39. The van der Waals surface area contributed by atoms with Gasteiger partial charge in [0.1, 0.15) is 0 Å².